The summed E-state index contributed by atoms with van der Waals surface area (Å²) in [4.78, 5) is 26.8. The van der Waals surface area contributed by atoms with Crippen molar-refractivity contribution >= 4 is 22.8 Å². The molecule has 1 aliphatic rings. The van der Waals surface area contributed by atoms with Gasteiger partial charge in [-0.25, -0.2) is 14.6 Å². The Morgan fingerprint density at radius 3 is 2.38 bits per heavy atom. The number of hydrogen-bond acceptors (Lipinski definition) is 5. The number of hydrogen-bond donors (Lipinski definition) is 0. The Morgan fingerprint density at radius 2 is 1.62 bits per heavy atom. The second-order valence-electron chi connectivity index (χ2n) is 9.18. The molecule has 7 nitrogen and oxygen atoms in total. The van der Waals surface area contributed by atoms with E-state index in [-0.39, 0.29) is 5.91 Å². The van der Waals surface area contributed by atoms with Crippen LogP contribution in [0.1, 0.15) is 39.3 Å². The molecule has 174 valence electrons. The summed E-state index contributed by atoms with van der Waals surface area (Å²) >= 11 is 0. The second kappa shape index (κ2) is 8.89. The smallest absolute Gasteiger partial charge is 0.253 e. The predicted molar refractivity (Wildman–Crippen MR) is 135 cm³/mol. The monoisotopic (exact) mass is 454 g/mol. The van der Waals surface area contributed by atoms with Crippen LogP contribution in [0.5, 0.6) is 0 Å². The molecule has 4 aromatic rings. The van der Waals surface area contributed by atoms with Crippen molar-refractivity contribution in [1.29, 1.82) is 0 Å². The van der Waals surface area contributed by atoms with Crippen LogP contribution < -0.4 is 4.90 Å². The quantitative estimate of drug-likeness (QED) is 0.459. The Kier molecular flexibility index (Phi) is 5.77. The SMILES string of the molecule is Cc1ccc(C(=O)N2CCCN(c3nc(C)nc4c3cnn4-c3ccc(C)cc3C)CC2)cc1. The van der Waals surface area contributed by atoms with Gasteiger partial charge in [0, 0.05) is 31.7 Å². The molecule has 5 rings (SSSR count). The summed E-state index contributed by atoms with van der Waals surface area (Å²) in [5, 5.41) is 5.62. The molecule has 0 spiro atoms. The van der Waals surface area contributed by atoms with Gasteiger partial charge in [-0.3, -0.25) is 4.79 Å². The maximum Gasteiger partial charge on any atom is 0.253 e. The summed E-state index contributed by atoms with van der Waals surface area (Å²) in [6.07, 6.45) is 2.75. The fourth-order valence-electron chi connectivity index (χ4n) is 4.67. The van der Waals surface area contributed by atoms with E-state index < -0.39 is 0 Å². The molecule has 0 unspecified atom stereocenters. The Hall–Kier alpha value is -3.74. The van der Waals surface area contributed by atoms with Crippen LogP contribution in [-0.4, -0.2) is 56.7 Å². The zero-order valence-corrected chi connectivity index (χ0v) is 20.2. The van der Waals surface area contributed by atoms with Crippen molar-refractivity contribution in [2.45, 2.75) is 34.1 Å². The second-order valence-corrected chi connectivity index (χ2v) is 9.18. The summed E-state index contributed by atoms with van der Waals surface area (Å²) in [7, 11) is 0. The lowest BCUT2D eigenvalue weighted by Gasteiger charge is -2.23. The van der Waals surface area contributed by atoms with Crippen molar-refractivity contribution in [2.24, 2.45) is 0 Å². The Labute approximate surface area is 200 Å². The van der Waals surface area contributed by atoms with Gasteiger partial charge >= 0.3 is 0 Å². The van der Waals surface area contributed by atoms with E-state index in [1.807, 2.05) is 53.9 Å². The van der Waals surface area contributed by atoms with Gasteiger partial charge in [0.25, 0.3) is 5.91 Å². The number of rotatable bonds is 3. The fraction of sp³-hybridized carbons (Fsp3) is 0.333. The van der Waals surface area contributed by atoms with Gasteiger partial charge in [-0.1, -0.05) is 35.4 Å². The number of fused-ring (bicyclic) bond motifs is 1. The van der Waals surface area contributed by atoms with Gasteiger partial charge in [0.1, 0.15) is 11.6 Å². The standard InChI is InChI=1S/C27H30N6O/c1-18-6-9-22(10-7-18)27(34)32-13-5-12-31(14-15-32)25-23-17-28-33(26(23)30-21(4)29-25)24-11-8-19(2)16-20(24)3/h6-11,16-17H,5,12-15H2,1-4H3. The highest BCUT2D eigenvalue weighted by atomic mass is 16.2. The molecule has 1 fully saturated rings. The van der Waals surface area contributed by atoms with E-state index in [4.69, 9.17) is 9.97 Å². The molecule has 3 heterocycles. The van der Waals surface area contributed by atoms with Gasteiger partial charge in [0.15, 0.2) is 5.65 Å². The highest BCUT2D eigenvalue weighted by molar-refractivity contribution is 5.94. The average Bonchev–Trinajstić information content (AvgIpc) is 3.07. The molecule has 7 heteroatoms. The molecule has 2 aromatic carbocycles. The number of anilines is 1. The molecule has 0 aliphatic carbocycles. The number of aromatic nitrogens is 4. The number of benzene rings is 2. The third kappa shape index (κ3) is 4.14. The normalized spacial score (nSPS) is 14.5. The van der Waals surface area contributed by atoms with Crippen LogP contribution in [0.15, 0.2) is 48.7 Å². The first-order valence-electron chi connectivity index (χ1n) is 11.8. The van der Waals surface area contributed by atoms with Crippen LogP contribution in [0.2, 0.25) is 0 Å². The lowest BCUT2D eigenvalue weighted by Crippen LogP contribution is -2.35. The molecule has 2 aromatic heterocycles. The minimum atomic E-state index is 0.0912. The highest BCUT2D eigenvalue weighted by Crippen LogP contribution is 2.28. The number of carbonyl (C=O) groups is 1. The van der Waals surface area contributed by atoms with Crippen molar-refractivity contribution < 1.29 is 4.79 Å². The molecule has 0 atom stereocenters. The zero-order valence-electron chi connectivity index (χ0n) is 20.2. The molecule has 0 saturated carbocycles. The summed E-state index contributed by atoms with van der Waals surface area (Å²) in [6.45, 7) is 11.1. The Bertz CT molecular complexity index is 1360. The Morgan fingerprint density at radius 1 is 0.853 bits per heavy atom. The topological polar surface area (TPSA) is 67.2 Å². The summed E-state index contributed by atoms with van der Waals surface area (Å²) in [5.41, 5.74) is 6.11. The van der Waals surface area contributed by atoms with Crippen molar-refractivity contribution in [3.63, 3.8) is 0 Å². The van der Waals surface area contributed by atoms with Crippen molar-refractivity contribution in [2.75, 3.05) is 31.1 Å². The van der Waals surface area contributed by atoms with Crippen LogP contribution in [0.4, 0.5) is 5.82 Å². The van der Waals surface area contributed by atoms with Gasteiger partial charge in [0.05, 0.1) is 17.3 Å². The van der Waals surface area contributed by atoms with E-state index >= 15 is 0 Å². The molecule has 1 aliphatic heterocycles. The third-order valence-corrected chi connectivity index (χ3v) is 6.48. The molecule has 1 amide bonds. The van der Waals surface area contributed by atoms with Crippen molar-refractivity contribution in [3.05, 3.63) is 76.7 Å². The third-order valence-electron chi connectivity index (χ3n) is 6.48. The summed E-state index contributed by atoms with van der Waals surface area (Å²) in [5.74, 6) is 1.70. The van der Waals surface area contributed by atoms with E-state index in [2.05, 4.69) is 42.0 Å². The molecule has 34 heavy (non-hydrogen) atoms. The van der Waals surface area contributed by atoms with Crippen LogP contribution in [0.25, 0.3) is 16.7 Å². The summed E-state index contributed by atoms with van der Waals surface area (Å²) in [6, 6.07) is 14.2. The maximum atomic E-state index is 13.1. The predicted octanol–water partition coefficient (Wildman–Crippen LogP) is 4.40. The first kappa shape index (κ1) is 22.1. The van der Waals surface area contributed by atoms with E-state index in [1.165, 1.54) is 5.56 Å². The van der Waals surface area contributed by atoms with Gasteiger partial charge in [-0.15, -0.1) is 0 Å². The van der Waals surface area contributed by atoms with E-state index in [0.717, 1.165) is 65.3 Å². The first-order valence-corrected chi connectivity index (χ1v) is 11.8. The molecule has 0 N–H and O–H groups in total. The molecular formula is C27H30N6O. The largest absolute Gasteiger partial charge is 0.354 e. The lowest BCUT2D eigenvalue weighted by molar-refractivity contribution is 0.0767. The summed E-state index contributed by atoms with van der Waals surface area (Å²) < 4.78 is 1.91. The Balaban J connectivity index is 1.44. The van der Waals surface area contributed by atoms with Gasteiger partial charge in [0.2, 0.25) is 0 Å². The van der Waals surface area contributed by atoms with Gasteiger partial charge in [-0.2, -0.15) is 5.10 Å². The highest BCUT2D eigenvalue weighted by Gasteiger charge is 2.24. The van der Waals surface area contributed by atoms with Gasteiger partial charge in [-0.05, 0) is 57.9 Å². The molecule has 0 bridgehead atoms. The van der Waals surface area contributed by atoms with Crippen LogP contribution in [0.3, 0.4) is 0 Å². The van der Waals surface area contributed by atoms with Crippen molar-refractivity contribution in [3.8, 4) is 5.69 Å². The number of nitrogens with zero attached hydrogens (tertiary/aromatic N) is 6. The minimum Gasteiger partial charge on any atom is -0.354 e. The number of carbonyl (C=O) groups excluding carboxylic acids is 1. The minimum absolute atomic E-state index is 0.0912. The first-order chi connectivity index (χ1) is 16.4. The zero-order chi connectivity index (χ0) is 23.8. The van der Waals surface area contributed by atoms with Crippen LogP contribution >= 0.6 is 0 Å². The van der Waals surface area contributed by atoms with E-state index in [1.54, 1.807) is 0 Å². The average molecular weight is 455 g/mol. The number of aryl methyl sites for hydroxylation is 4. The van der Waals surface area contributed by atoms with Crippen molar-refractivity contribution in [1.82, 2.24) is 24.6 Å². The lowest BCUT2D eigenvalue weighted by atomic mass is 10.1. The maximum absolute atomic E-state index is 13.1. The van der Waals surface area contributed by atoms with E-state index in [0.29, 0.717) is 12.4 Å². The molecule has 1 saturated heterocycles. The number of amides is 1. The molecule has 0 radical (unpaired) electrons. The fourth-order valence-corrected chi connectivity index (χ4v) is 4.67. The molecular weight excluding hydrogens is 424 g/mol. The van der Waals surface area contributed by atoms with Gasteiger partial charge < -0.3 is 9.80 Å². The van der Waals surface area contributed by atoms with Crippen LogP contribution in [0, 0.1) is 27.7 Å². The van der Waals surface area contributed by atoms with E-state index in [9.17, 15) is 4.79 Å². The van der Waals surface area contributed by atoms with Crippen LogP contribution in [-0.2, 0) is 0 Å².